The minimum atomic E-state index is 0.0712. The van der Waals surface area contributed by atoms with E-state index in [4.69, 9.17) is 21.1 Å². The molecule has 0 spiro atoms. The van der Waals surface area contributed by atoms with Crippen molar-refractivity contribution in [2.45, 2.75) is 10.9 Å². The summed E-state index contributed by atoms with van der Waals surface area (Å²) in [7, 11) is 1.67. The van der Waals surface area contributed by atoms with Gasteiger partial charge in [-0.1, -0.05) is 35.5 Å². The molecule has 2 saturated heterocycles. The van der Waals surface area contributed by atoms with Crippen LogP contribution in [0.5, 0.6) is 5.75 Å². The van der Waals surface area contributed by atoms with Crippen LogP contribution < -0.4 is 14.5 Å². The molecule has 0 N–H and O–H groups in total. The Bertz CT molecular complexity index is 1200. The standard InChI is InChI=1S/C27H30ClN5O3S/c1-35-23-8-6-22(7-9-23)31-10-12-33(13-11-31)26(34)21-4-2-20(3-5-21)19-37-27-29-24(28)18-25(30-27)32-14-16-36-17-15-32/h2-9,18H,10-17,19H2,1H3. The van der Waals surface area contributed by atoms with E-state index in [9.17, 15) is 4.79 Å². The van der Waals surface area contributed by atoms with Crippen LogP contribution in [0.25, 0.3) is 0 Å². The first-order valence-corrected chi connectivity index (χ1v) is 13.7. The average molecular weight is 540 g/mol. The van der Waals surface area contributed by atoms with Crippen molar-refractivity contribution < 1.29 is 14.3 Å². The maximum Gasteiger partial charge on any atom is 0.253 e. The number of methoxy groups -OCH3 is 1. The molecule has 0 unspecified atom stereocenters. The molecule has 2 aromatic carbocycles. The molecule has 0 saturated carbocycles. The van der Waals surface area contributed by atoms with Gasteiger partial charge in [0, 0.05) is 62.3 Å². The highest BCUT2D eigenvalue weighted by Gasteiger charge is 2.22. The number of anilines is 2. The third-order valence-corrected chi connectivity index (χ3v) is 7.68. The summed E-state index contributed by atoms with van der Waals surface area (Å²) in [5, 5.41) is 1.08. The normalized spacial score (nSPS) is 16.1. The van der Waals surface area contributed by atoms with E-state index in [1.165, 1.54) is 11.8 Å². The van der Waals surface area contributed by atoms with Crippen LogP contribution in [-0.2, 0) is 10.5 Å². The third-order valence-electron chi connectivity index (χ3n) is 6.57. The Hall–Kier alpha value is -3.01. The summed E-state index contributed by atoms with van der Waals surface area (Å²) in [6.45, 7) is 5.96. The van der Waals surface area contributed by atoms with Crippen molar-refractivity contribution in [2.24, 2.45) is 0 Å². The SMILES string of the molecule is COc1ccc(N2CCN(C(=O)c3ccc(CSc4nc(Cl)cc(N5CCOCC5)n4)cc3)CC2)cc1. The molecule has 0 atom stereocenters. The second kappa shape index (κ2) is 12.0. The Balaban J connectivity index is 1.14. The highest BCUT2D eigenvalue weighted by atomic mass is 35.5. The molecular weight excluding hydrogens is 510 g/mol. The molecule has 3 heterocycles. The number of nitrogens with zero attached hydrogens (tertiary/aromatic N) is 5. The van der Waals surface area contributed by atoms with Crippen LogP contribution in [0.2, 0.25) is 5.15 Å². The van der Waals surface area contributed by atoms with Crippen molar-refractivity contribution in [1.82, 2.24) is 14.9 Å². The summed E-state index contributed by atoms with van der Waals surface area (Å²) >= 11 is 7.80. The van der Waals surface area contributed by atoms with Gasteiger partial charge in [0.1, 0.15) is 16.7 Å². The molecule has 3 aromatic rings. The number of piperazine rings is 1. The lowest BCUT2D eigenvalue weighted by molar-refractivity contribution is 0.0747. The number of amides is 1. The molecular formula is C27H30ClN5O3S. The van der Waals surface area contributed by atoms with Gasteiger partial charge in [0.15, 0.2) is 5.16 Å². The minimum absolute atomic E-state index is 0.0712. The fourth-order valence-electron chi connectivity index (χ4n) is 4.44. The first-order valence-electron chi connectivity index (χ1n) is 12.4. The van der Waals surface area contributed by atoms with Gasteiger partial charge in [-0.15, -0.1) is 0 Å². The van der Waals surface area contributed by atoms with Gasteiger partial charge in [-0.05, 0) is 42.0 Å². The predicted molar refractivity (Wildman–Crippen MR) is 147 cm³/mol. The molecule has 0 aliphatic carbocycles. The first-order chi connectivity index (χ1) is 18.1. The quantitative estimate of drug-likeness (QED) is 0.251. The highest BCUT2D eigenvalue weighted by molar-refractivity contribution is 7.98. The molecule has 2 aliphatic heterocycles. The lowest BCUT2D eigenvalue weighted by Gasteiger charge is -2.36. The van der Waals surface area contributed by atoms with E-state index in [1.807, 2.05) is 41.3 Å². The third kappa shape index (κ3) is 6.47. The molecule has 5 rings (SSSR count). The Morgan fingerprint density at radius 1 is 0.946 bits per heavy atom. The van der Waals surface area contributed by atoms with Gasteiger partial charge >= 0.3 is 0 Å². The van der Waals surface area contributed by atoms with Crippen molar-refractivity contribution in [3.8, 4) is 5.75 Å². The van der Waals surface area contributed by atoms with E-state index in [0.29, 0.717) is 47.9 Å². The topological polar surface area (TPSA) is 71.0 Å². The van der Waals surface area contributed by atoms with Gasteiger partial charge in [0.25, 0.3) is 5.91 Å². The first kappa shape index (κ1) is 25.6. The van der Waals surface area contributed by atoms with Crippen LogP contribution in [0.4, 0.5) is 11.5 Å². The summed E-state index contributed by atoms with van der Waals surface area (Å²) in [6.07, 6.45) is 0. The highest BCUT2D eigenvalue weighted by Crippen LogP contribution is 2.26. The van der Waals surface area contributed by atoms with E-state index in [2.05, 4.69) is 31.9 Å². The number of benzene rings is 2. The number of morpholine rings is 1. The number of halogens is 1. The molecule has 2 fully saturated rings. The van der Waals surface area contributed by atoms with Crippen LogP contribution >= 0.6 is 23.4 Å². The predicted octanol–water partition coefficient (Wildman–Crippen LogP) is 4.23. The van der Waals surface area contributed by atoms with E-state index >= 15 is 0 Å². The second-order valence-electron chi connectivity index (χ2n) is 8.89. The number of hydrogen-bond acceptors (Lipinski definition) is 8. The average Bonchev–Trinajstić information content (AvgIpc) is 2.96. The van der Waals surface area contributed by atoms with E-state index < -0.39 is 0 Å². The maximum absolute atomic E-state index is 13.1. The van der Waals surface area contributed by atoms with Crippen LogP contribution in [0.15, 0.2) is 59.8 Å². The van der Waals surface area contributed by atoms with Gasteiger partial charge in [-0.3, -0.25) is 4.79 Å². The molecule has 8 nitrogen and oxygen atoms in total. The largest absolute Gasteiger partial charge is 0.497 e. The molecule has 1 amide bonds. The Morgan fingerprint density at radius 3 is 2.32 bits per heavy atom. The van der Waals surface area contributed by atoms with Gasteiger partial charge in [-0.2, -0.15) is 0 Å². The summed E-state index contributed by atoms with van der Waals surface area (Å²) in [5.41, 5.74) is 2.96. The van der Waals surface area contributed by atoms with Crippen LogP contribution in [-0.4, -0.2) is 80.4 Å². The minimum Gasteiger partial charge on any atom is -0.497 e. The van der Waals surface area contributed by atoms with Crippen molar-refractivity contribution >= 4 is 40.8 Å². The smallest absolute Gasteiger partial charge is 0.253 e. The fraction of sp³-hybridized carbons (Fsp3) is 0.370. The number of thioether (sulfide) groups is 1. The van der Waals surface area contributed by atoms with E-state index in [1.54, 1.807) is 13.2 Å². The number of rotatable bonds is 7. The van der Waals surface area contributed by atoms with Crippen LogP contribution in [0.3, 0.4) is 0 Å². The molecule has 1 aromatic heterocycles. The summed E-state index contributed by atoms with van der Waals surface area (Å²) in [5.74, 6) is 2.44. The van der Waals surface area contributed by atoms with Gasteiger partial charge < -0.3 is 24.2 Å². The molecule has 0 bridgehead atoms. The zero-order chi connectivity index (χ0) is 25.6. The maximum atomic E-state index is 13.1. The lowest BCUT2D eigenvalue weighted by Crippen LogP contribution is -2.48. The molecule has 37 heavy (non-hydrogen) atoms. The number of carbonyl (C=O) groups is 1. The lowest BCUT2D eigenvalue weighted by atomic mass is 10.1. The van der Waals surface area contributed by atoms with Crippen LogP contribution in [0, 0.1) is 0 Å². The summed E-state index contributed by atoms with van der Waals surface area (Å²) in [4.78, 5) is 28.5. The Morgan fingerprint density at radius 2 is 1.65 bits per heavy atom. The fourth-order valence-corrected chi connectivity index (χ4v) is 5.48. The molecule has 10 heteroatoms. The summed E-state index contributed by atoms with van der Waals surface area (Å²) < 4.78 is 10.7. The zero-order valence-electron chi connectivity index (χ0n) is 20.8. The Kier molecular flexibility index (Phi) is 8.33. The molecule has 194 valence electrons. The number of ether oxygens (including phenoxy) is 2. The van der Waals surface area contributed by atoms with Crippen molar-refractivity contribution in [1.29, 1.82) is 0 Å². The van der Waals surface area contributed by atoms with Crippen molar-refractivity contribution in [3.63, 3.8) is 0 Å². The van der Waals surface area contributed by atoms with Gasteiger partial charge in [0.2, 0.25) is 0 Å². The van der Waals surface area contributed by atoms with Crippen molar-refractivity contribution in [2.75, 3.05) is 69.4 Å². The molecule has 2 aliphatic rings. The second-order valence-corrected chi connectivity index (χ2v) is 10.2. The number of aromatic nitrogens is 2. The van der Waals surface area contributed by atoms with Crippen molar-refractivity contribution in [3.05, 3.63) is 70.9 Å². The summed E-state index contributed by atoms with van der Waals surface area (Å²) in [6, 6.07) is 17.7. The van der Waals surface area contributed by atoms with E-state index in [-0.39, 0.29) is 5.91 Å². The van der Waals surface area contributed by atoms with Crippen LogP contribution in [0.1, 0.15) is 15.9 Å². The monoisotopic (exact) mass is 539 g/mol. The number of carbonyl (C=O) groups excluding carboxylic acids is 1. The molecule has 0 radical (unpaired) electrons. The van der Waals surface area contributed by atoms with E-state index in [0.717, 1.165) is 49.0 Å². The number of hydrogen-bond donors (Lipinski definition) is 0. The zero-order valence-corrected chi connectivity index (χ0v) is 22.4. The van der Waals surface area contributed by atoms with Gasteiger partial charge in [-0.25, -0.2) is 9.97 Å². The van der Waals surface area contributed by atoms with Gasteiger partial charge in [0.05, 0.1) is 20.3 Å². The Labute approximate surface area is 226 Å².